The number of hydrogen-bond acceptors (Lipinski definition) is 17. The molecule has 0 bridgehead atoms. The average Bonchev–Trinajstić information content (AvgIpc) is 1.04. The van der Waals surface area contributed by atoms with Crippen molar-refractivity contribution >= 4 is 112 Å². The lowest BCUT2D eigenvalue weighted by molar-refractivity contribution is 0.0686. The van der Waals surface area contributed by atoms with Gasteiger partial charge in [-0.1, -0.05) is 0 Å². The van der Waals surface area contributed by atoms with Gasteiger partial charge in [-0.2, -0.15) is 0 Å². The lowest BCUT2D eigenvalue weighted by Gasteiger charge is -2.10. The molecule has 5 N–H and O–H groups in total. The number of hydrogen-bond donors (Lipinski definition) is 5. The third-order valence-electron chi connectivity index (χ3n) is 13.0. The molecule has 12 rings (SSSR count). The number of methoxy groups -OCH3 is 1. The van der Waals surface area contributed by atoms with E-state index in [1.807, 2.05) is 20.8 Å². The molecule has 8 aromatic carbocycles. The van der Waals surface area contributed by atoms with Crippen molar-refractivity contribution in [1.29, 1.82) is 0 Å². The molecule has 0 spiro atoms. The number of fused-ring (bicyclic) bond motifs is 8. The van der Waals surface area contributed by atoms with E-state index in [1.54, 1.807) is 73.7 Å². The smallest absolute Gasteiger partial charge is 0.335 e. The van der Waals surface area contributed by atoms with E-state index in [9.17, 15) is 43.5 Å². The monoisotopic (exact) mass is 1170 g/mol. The molecule has 0 aliphatic heterocycles. The number of ether oxygens (including phenoxy) is 4. The van der Waals surface area contributed by atoms with Crippen LogP contribution in [0.1, 0.15) is 69.1 Å². The molecule has 21 nitrogen and oxygen atoms in total. The second-order valence-electron chi connectivity index (χ2n) is 19.4. The first kappa shape index (κ1) is 59.3. The number of carboxylic acid groups (broad SMARTS) is 4. The van der Waals surface area contributed by atoms with Gasteiger partial charge in [0.15, 0.2) is 0 Å². The summed E-state index contributed by atoms with van der Waals surface area (Å²) in [6.45, 7) is 7.84. The van der Waals surface area contributed by atoms with E-state index in [0.29, 0.717) is 95.8 Å². The van der Waals surface area contributed by atoms with Crippen molar-refractivity contribution in [2.45, 2.75) is 39.9 Å². The van der Waals surface area contributed by atoms with Crippen molar-refractivity contribution in [1.82, 2.24) is 0 Å². The van der Waals surface area contributed by atoms with Gasteiger partial charge in [0.1, 0.15) is 74.3 Å². The van der Waals surface area contributed by atoms with E-state index in [0.717, 1.165) is 0 Å². The fourth-order valence-electron chi connectivity index (χ4n) is 8.91. The molecule has 4 heterocycles. The Morgan fingerprint density at radius 1 is 0.384 bits per heavy atom. The normalized spacial score (nSPS) is 11.4. The maximum absolute atomic E-state index is 12.6. The minimum absolute atomic E-state index is 0.0106. The van der Waals surface area contributed by atoms with Crippen molar-refractivity contribution in [3.05, 3.63) is 209 Å². The maximum atomic E-state index is 12.6. The molecule has 86 heavy (non-hydrogen) atoms. The molecule has 0 radical (unpaired) electrons. The van der Waals surface area contributed by atoms with E-state index < -0.39 is 30.0 Å². The number of aliphatic hydroxyl groups is 1. The number of rotatable bonds is 12. The Morgan fingerprint density at radius 2 is 0.640 bits per heavy atom. The predicted molar refractivity (Wildman–Crippen MR) is 318 cm³/mol. The highest BCUT2D eigenvalue weighted by atomic mass is 16.5. The van der Waals surface area contributed by atoms with E-state index in [4.69, 9.17) is 57.0 Å². The summed E-state index contributed by atoms with van der Waals surface area (Å²) < 4.78 is 44.0. The number of carbonyl (C=O) groups is 4. The molecule has 12 aromatic rings. The molecule has 1 atom stereocenters. The molecule has 0 aliphatic carbocycles. The number of benzene rings is 8. The number of aliphatic hydroxyl groups excluding tert-OH is 1. The average molecular weight is 1170 g/mol. The van der Waals surface area contributed by atoms with Gasteiger partial charge in [0.05, 0.1) is 91.3 Å². The van der Waals surface area contributed by atoms with Crippen molar-refractivity contribution in [2.75, 3.05) is 20.3 Å². The molecule has 4 aromatic heterocycles. The maximum Gasteiger partial charge on any atom is 0.335 e. The van der Waals surface area contributed by atoms with E-state index in [-0.39, 0.29) is 78.2 Å². The third-order valence-corrected chi connectivity index (χ3v) is 13.0. The summed E-state index contributed by atoms with van der Waals surface area (Å²) >= 11 is 0. The van der Waals surface area contributed by atoms with Crippen LogP contribution in [-0.2, 0) is 0 Å². The van der Waals surface area contributed by atoms with E-state index in [1.165, 1.54) is 86.0 Å². The molecule has 0 saturated carbocycles. The summed E-state index contributed by atoms with van der Waals surface area (Å²) in [5.41, 5.74) is 2.14. The Hall–Kier alpha value is -11.3. The van der Waals surface area contributed by atoms with Crippen molar-refractivity contribution in [3.8, 4) is 23.0 Å². The van der Waals surface area contributed by atoms with Gasteiger partial charge in [0, 0.05) is 0 Å². The SMILES string of the molecule is CC(C)Oc1ccc2oc3ccc(C(=O)O)cc3c(=O)c2c1.CC(O)COc1ccc2oc3ccc(C(=O)O)cc3c(=O)c2c1.CCOc1ccc2oc3ccc(C(=O)O)cc3c(=O)c2c1.COc1ccc2oc3ccc(C(=O)O)cc3c(=O)c2c1. The first-order valence-corrected chi connectivity index (χ1v) is 26.2. The second-order valence-corrected chi connectivity index (χ2v) is 19.4. The fourth-order valence-corrected chi connectivity index (χ4v) is 8.91. The van der Waals surface area contributed by atoms with Crippen LogP contribution in [0.15, 0.2) is 182 Å². The van der Waals surface area contributed by atoms with Crippen LogP contribution in [0.25, 0.3) is 87.8 Å². The van der Waals surface area contributed by atoms with Gasteiger partial charge >= 0.3 is 23.9 Å². The van der Waals surface area contributed by atoms with Crippen LogP contribution in [0.4, 0.5) is 0 Å². The second kappa shape index (κ2) is 25.0. The van der Waals surface area contributed by atoms with Crippen molar-refractivity contribution in [3.63, 3.8) is 0 Å². The largest absolute Gasteiger partial charge is 0.497 e. The summed E-state index contributed by atoms with van der Waals surface area (Å²) in [6.07, 6.45) is -0.639. The summed E-state index contributed by atoms with van der Waals surface area (Å²) in [5, 5.41) is 47.6. The minimum Gasteiger partial charge on any atom is -0.497 e. The summed E-state index contributed by atoms with van der Waals surface area (Å²) in [5.74, 6) is -2.25. The Labute approximate surface area is 483 Å². The van der Waals surface area contributed by atoms with Crippen LogP contribution in [0.5, 0.6) is 23.0 Å². The van der Waals surface area contributed by atoms with Gasteiger partial charge in [0.25, 0.3) is 0 Å². The van der Waals surface area contributed by atoms with Gasteiger partial charge < -0.3 is 62.1 Å². The van der Waals surface area contributed by atoms with Crippen LogP contribution in [0.2, 0.25) is 0 Å². The van der Waals surface area contributed by atoms with Crippen molar-refractivity contribution < 1.29 is 81.3 Å². The van der Waals surface area contributed by atoms with Gasteiger partial charge in [-0.05, 0) is 173 Å². The van der Waals surface area contributed by atoms with Gasteiger partial charge in [0.2, 0.25) is 21.7 Å². The van der Waals surface area contributed by atoms with E-state index in [2.05, 4.69) is 0 Å². The van der Waals surface area contributed by atoms with Crippen LogP contribution < -0.4 is 40.7 Å². The van der Waals surface area contributed by atoms with Crippen LogP contribution in [0.3, 0.4) is 0 Å². The zero-order chi connectivity index (χ0) is 61.7. The fraction of sp³-hybridized carbons (Fsp3) is 0.138. The van der Waals surface area contributed by atoms with Crippen LogP contribution in [-0.4, -0.2) is 81.9 Å². The van der Waals surface area contributed by atoms with Crippen molar-refractivity contribution in [2.24, 2.45) is 0 Å². The lowest BCUT2D eigenvalue weighted by Crippen LogP contribution is -2.13. The zero-order valence-corrected chi connectivity index (χ0v) is 46.2. The highest BCUT2D eigenvalue weighted by Crippen LogP contribution is 2.28. The topological polar surface area (TPSA) is 327 Å². The lowest BCUT2D eigenvalue weighted by atomic mass is 10.1. The molecular weight excluding hydrogens is 1120 g/mol. The standard InChI is InChI=1S/C17H14O6.C17H14O5.C16H12O5.C15H10O5/c1-9(18)8-22-11-3-5-15-13(7-11)16(19)12-6-10(17(20)21)2-4-14(12)23-15;1-9(2)21-11-4-6-15-13(8-11)16(18)12-7-10(17(19)20)3-5-14(12)22-15;1-2-20-10-4-6-14-12(8-10)15(17)11-7-9(16(18)19)3-5-13(11)21-14;1-19-9-3-5-13-11(7-9)14(16)10-6-8(15(17)18)2-4-12(10)20-13/h2-7,9,18H,8H2,1H3,(H,20,21);3-9H,1-2H3,(H,19,20);3-8H,2H2,1H3,(H,18,19);2-7H,1H3,(H,17,18). The quantitative estimate of drug-likeness (QED) is 0.0710. The molecule has 0 fully saturated rings. The number of aromatic carboxylic acids is 4. The Morgan fingerprint density at radius 3 is 0.919 bits per heavy atom. The summed E-state index contributed by atoms with van der Waals surface area (Å²) in [7, 11) is 1.51. The highest BCUT2D eigenvalue weighted by Gasteiger charge is 2.17. The Kier molecular flexibility index (Phi) is 17.3. The third kappa shape index (κ3) is 12.8. The summed E-state index contributed by atoms with van der Waals surface area (Å²) in [4.78, 5) is 94.2. The highest BCUT2D eigenvalue weighted by molar-refractivity contribution is 6.00. The first-order chi connectivity index (χ1) is 41.1. The zero-order valence-electron chi connectivity index (χ0n) is 46.2. The molecule has 0 aliphatic rings. The Balaban J connectivity index is 0.000000137. The minimum atomic E-state index is -1.11. The predicted octanol–water partition coefficient (Wildman–Crippen LogP) is 11.5. The van der Waals surface area contributed by atoms with Crippen LogP contribution >= 0.6 is 0 Å². The summed E-state index contributed by atoms with van der Waals surface area (Å²) in [6, 6.07) is 36.6. The van der Waals surface area contributed by atoms with Gasteiger partial charge in [-0.15, -0.1) is 0 Å². The van der Waals surface area contributed by atoms with Crippen LogP contribution in [0, 0.1) is 0 Å². The molecule has 0 amide bonds. The van der Waals surface area contributed by atoms with Gasteiger partial charge in [-0.25, -0.2) is 19.2 Å². The van der Waals surface area contributed by atoms with Gasteiger partial charge in [-0.3, -0.25) is 19.2 Å². The number of carboxylic acids is 4. The molecule has 21 heteroatoms. The molecular formula is C65H50O21. The first-order valence-electron chi connectivity index (χ1n) is 26.2. The Bertz CT molecular complexity index is 4930. The molecule has 0 saturated heterocycles. The van der Waals surface area contributed by atoms with E-state index >= 15 is 0 Å². The molecule has 1 unspecified atom stereocenters. The molecule has 436 valence electrons.